The highest BCUT2D eigenvalue weighted by atomic mass is 16.3. The van der Waals surface area contributed by atoms with Gasteiger partial charge in [-0.15, -0.1) is 0 Å². The Morgan fingerprint density at radius 1 is 1.06 bits per heavy atom. The van der Waals surface area contributed by atoms with Gasteiger partial charge in [-0.2, -0.15) is 0 Å². The van der Waals surface area contributed by atoms with Gasteiger partial charge in [0.25, 0.3) is 0 Å². The molecule has 0 heterocycles. The highest BCUT2D eigenvalue weighted by molar-refractivity contribution is 5.51. The number of benzene rings is 1. The van der Waals surface area contributed by atoms with E-state index in [1.165, 1.54) is 0 Å². The Hall–Kier alpha value is -1.30. The van der Waals surface area contributed by atoms with Crippen molar-refractivity contribution < 1.29 is 10.2 Å². The van der Waals surface area contributed by atoms with Crippen LogP contribution in [-0.4, -0.2) is 35.5 Å². The van der Waals surface area contributed by atoms with Crippen LogP contribution in [0.5, 0.6) is 0 Å². The molecule has 96 valence electrons. The topological polar surface area (TPSA) is 105 Å². The van der Waals surface area contributed by atoms with Gasteiger partial charge >= 0.3 is 0 Å². The summed E-state index contributed by atoms with van der Waals surface area (Å²) < 4.78 is 0. The second-order valence-electron chi connectivity index (χ2n) is 4.29. The van der Waals surface area contributed by atoms with Crippen LogP contribution in [0.2, 0.25) is 0 Å². The van der Waals surface area contributed by atoms with Crippen LogP contribution in [0.25, 0.3) is 0 Å². The van der Waals surface area contributed by atoms with Gasteiger partial charge in [0.05, 0.1) is 0 Å². The first kappa shape index (κ1) is 13.8. The Bertz CT molecular complexity index is 321. The quantitative estimate of drug-likeness (QED) is 0.435. The first-order chi connectivity index (χ1) is 8.09. The van der Waals surface area contributed by atoms with Gasteiger partial charge in [0, 0.05) is 36.7 Å². The maximum absolute atomic E-state index is 8.96. The summed E-state index contributed by atoms with van der Waals surface area (Å²) in [6.07, 6.45) is 0.908. The van der Waals surface area contributed by atoms with Crippen molar-refractivity contribution in [3.63, 3.8) is 0 Å². The van der Waals surface area contributed by atoms with E-state index in [1.54, 1.807) is 12.1 Å². The lowest BCUT2D eigenvalue weighted by Crippen LogP contribution is -2.47. The van der Waals surface area contributed by atoms with E-state index in [0.29, 0.717) is 25.1 Å². The number of hydrogen-bond donors (Lipinski definition) is 5. The molecule has 0 unspecified atom stereocenters. The molecule has 1 aromatic carbocycles. The minimum Gasteiger partial charge on any atom is -0.399 e. The van der Waals surface area contributed by atoms with Crippen LogP contribution in [0.15, 0.2) is 24.3 Å². The van der Waals surface area contributed by atoms with Crippen LogP contribution in [0.4, 0.5) is 11.4 Å². The molecule has 1 aromatic rings. The van der Waals surface area contributed by atoms with Crippen molar-refractivity contribution >= 4 is 11.4 Å². The normalized spacial score (nSPS) is 11.5. The first-order valence-electron chi connectivity index (χ1n) is 5.70. The molecule has 0 aliphatic carbocycles. The molecule has 0 aliphatic heterocycles. The fourth-order valence-electron chi connectivity index (χ4n) is 1.63. The third kappa shape index (κ3) is 4.60. The van der Waals surface area contributed by atoms with E-state index < -0.39 is 5.54 Å². The average molecular weight is 239 g/mol. The highest BCUT2D eigenvalue weighted by Crippen LogP contribution is 2.15. The molecule has 0 aliphatic rings. The zero-order chi connectivity index (χ0) is 12.7. The summed E-state index contributed by atoms with van der Waals surface area (Å²) in [6.45, 7) is 0.526. The molecule has 0 spiro atoms. The van der Waals surface area contributed by atoms with Crippen LogP contribution in [-0.2, 0) is 0 Å². The lowest BCUT2D eigenvalue weighted by molar-refractivity contribution is 0.199. The molecule has 17 heavy (non-hydrogen) atoms. The first-order valence-corrected chi connectivity index (χ1v) is 5.70. The van der Waals surface area contributed by atoms with E-state index >= 15 is 0 Å². The number of aliphatic hydroxyl groups excluding tert-OH is 2. The minimum atomic E-state index is -0.592. The Morgan fingerprint density at radius 3 is 2.06 bits per heavy atom. The fourth-order valence-corrected chi connectivity index (χ4v) is 1.63. The zero-order valence-corrected chi connectivity index (χ0v) is 9.89. The van der Waals surface area contributed by atoms with Crippen molar-refractivity contribution in [3.8, 4) is 0 Å². The molecule has 0 saturated carbocycles. The molecule has 0 atom stereocenters. The van der Waals surface area contributed by atoms with Crippen molar-refractivity contribution in [2.24, 2.45) is 5.73 Å². The number of rotatable bonds is 7. The van der Waals surface area contributed by atoms with Crippen LogP contribution < -0.4 is 16.8 Å². The molecule has 0 fully saturated rings. The molecule has 0 amide bonds. The molecule has 7 N–H and O–H groups in total. The van der Waals surface area contributed by atoms with Gasteiger partial charge < -0.3 is 27.0 Å². The number of aliphatic hydroxyl groups is 2. The van der Waals surface area contributed by atoms with Crippen molar-refractivity contribution in [2.75, 3.05) is 30.8 Å². The zero-order valence-electron chi connectivity index (χ0n) is 9.89. The van der Waals surface area contributed by atoms with Gasteiger partial charge in [0.2, 0.25) is 0 Å². The van der Waals surface area contributed by atoms with E-state index in [-0.39, 0.29) is 13.2 Å². The monoisotopic (exact) mass is 239 g/mol. The fraction of sp³-hybridized carbons (Fsp3) is 0.500. The summed E-state index contributed by atoms with van der Waals surface area (Å²) in [6, 6.07) is 7.35. The van der Waals surface area contributed by atoms with Gasteiger partial charge in [-0.3, -0.25) is 0 Å². The highest BCUT2D eigenvalue weighted by Gasteiger charge is 2.23. The number of hydrogen-bond acceptors (Lipinski definition) is 5. The van der Waals surface area contributed by atoms with Crippen molar-refractivity contribution in [1.82, 2.24) is 0 Å². The smallest absolute Gasteiger partial charge is 0.0449 e. The van der Waals surface area contributed by atoms with Crippen molar-refractivity contribution in [1.29, 1.82) is 0 Å². The predicted octanol–water partition coefficient (Wildman–Crippen LogP) is 0.143. The van der Waals surface area contributed by atoms with Gasteiger partial charge in [0.15, 0.2) is 0 Å². The van der Waals surface area contributed by atoms with E-state index in [4.69, 9.17) is 21.7 Å². The summed E-state index contributed by atoms with van der Waals surface area (Å²) in [5.41, 5.74) is 12.7. The second-order valence-corrected chi connectivity index (χ2v) is 4.29. The third-order valence-electron chi connectivity index (χ3n) is 2.77. The van der Waals surface area contributed by atoms with Crippen molar-refractivity contribution in [2.45, 2.75) is 18.4 Å². The van der Waals surface area contributed by atoms with Gasteiger partial charge in [-0.25, -0.2) is 0 Å². The van der Waals surface area contributed by atoms with E-state index in [1.807, 2.05) is 12.1 Å². The van der Waals surface area contributed by atoms with E-state index in [0.717, 1.165) is 5.69 Å². The molecular formula is C12H21N3O2. The Morgan fingerprint density at radius 2 is 1.59 bits per heavy atom. The van der Waals surface area contributed by atoms with Gasteiger partial charge in [0.1, 0.15) is 0 Å². The summed E-state index contributed by atoms with van der Waals surface area (Å²) in [5.74, 6) is 0. The Labute approximate surface area is 101 Å². The van der Waals surface area contributed by atoms with Gasteiger partial charge in [-0.05, 0) is 37.1 Å². The molecule has 0 saturated heterocycles. The number of nitrogen functional groups attached to an aromatic ring is 1. The number of anilines is 2. The molecule has 5 nitrogen and oxygen atoms in total. The number of nitrogens with one attached hydrogen (secondary N) is 1. The SMILES string of the molecule is Nc1ccc(NCC(N)(CCO)CCO)cc1. The molecule has 0 radical (unpaired) electrons. The predicted molar refractivity (Wildman–Crippen MR) is 69.7 cm³/mol. The molecular weight excluding hydrogens is 218 g/mol. The number of nitrogens with two attached hydrogens (primary N) is 2. The summed E-state index contributed by atoms with van der Waals surface area (Å²) >= 11 is 0. The third-order valence-corrected chi connectivity index (χ3v) is 2.77. The Kier molecular flexibility index (Phi) is 5.21. The summed E-state index contributed by atoms with van der Waals surface area (Å²) in [7, 11) is 0. The molecule has 5 heteroatoms. The Balaban J connectivity index is 2.54. The second kappa shape index (κ2) is 6.44. The van der Waals surface area contributed by atoms with Crippen molar-refractivity contribution in [3.05, 3.63) is 24.3 Å². The largest absolute Gasteiger partial charge is 0.399 e. The summed E-state index contributed by atoms with van der Waals surface area (Å²) in [4.78, 5) is 0. The van der Waals surface area contributed by atoms with Crippen LogP contribution in [0.1, 0.15) is 12.8 Å². The van der Waals surface area contributed by atoms with Crippen LogP contribution >= 0.6 is 0 Å². The van der Waals surface area contributed by atoms with E-state index in [9.17, 15) is 0 Å². The minimum absolute atomic E-state index is 0.0138. The molecule has 0 aromatic heterocycles. The molecule has 1 rings (SSSR count). The standard InChI is InChI=1S/C12H21N3O2/c13-10-1-3-11(4-2-10)15-9-12(14,5-7-16)6-8-17/h1-4,15-17H,5-9,13-14H2. The van der Waals surface area contributed by atoms with Crippen LogP contribution in [0, 0.1) is 0 Å². The molecule has 0 bridgehead atoms. The van der Waals surface area contributed by atoms with Crippen LogP contribution in [0.3, 0.4) is 0 Å². The van der Waals surface area contributed by atoms with Gasteiger partial charge in [-0.1, -0.05) is 0 Å². The maximum Gasteiger partial charge on any atom is 0.0449 e. The lowest BCUT2D eigenvalue weighted by Gasteiger charge is -2.28. The van der Waals surface area contributed by atoms with E-state index in [2.05, 4.69) is 5.32 Å². The maximum atomic E-state index is 8.96. The summed E-state index contributed by atoms with van der Waals surface area (Å²) in [5, 5.41) is 21.1. The average Bonchev–Trinajstić information content (AvgIpc) is 2.29. The lowest BCUT2D eigenvalue weighted by atomic mass is 9.93.